The van der Waals surface area contributed by atoms with Gasteiger partial charge in [-0.05, 0) is 18.2 Å². The van der Waals surface area contributed by atoms with E-state index < -0.39 is 11.7 Å². The molecule has 3 heterocycles. The summed E-state index contributed by atoms with van der Waals surface area (Å²) in [6, 6.07) is 5.87. The molecule has 1 aromatic heterocycles. The first-order chi connectivity index (χ1) is 11.6. The van der Waals surface area contributed by atoms with Crippen LogP contribution in [0.1, 0.15) is 17.7 Å². The molecule has 0 bridgehead atoms. The highest BCUT2D eigenvalue weighted by Gasteiger charge is 2.38. The minimum Gasteiger partial charge on any atom is -0.332 e. The van der Waals surface area contributed by atoms with Gasteiger partial charge in [0.05, 0.1) is 18.2 Å². The number of benzene rings is 1. The van der Waals surface area contributed by atoms with Gasteiger partial charge in [0, 0.05) is 37.0 Å². The Balaban J connectivity index is 1.48. The van der Waals surface area contributed by atoms with Crippen LogP contribution in [0, 0.1) is 11.7 Å². The molecule has 1 aromatic carbocycles. The summed E-state index contributed by atoms with van der Waals surface area (Å²) in [5.41, 5.74) is 2.28. The van der Waals surface area contributed by atoms with Gasteiger partial charge in [-0.25, -0.2) is 14.4 Å². The Bertz CT molecular complexity index is 801. The summed E-state index contributed by atoms with van der Waals surface area (Å²) in [6.45, 7) is 1.20. The number of fused-ring (bicyclic) bond motifs is 1. The maximum absolute atomic E-state index is 13.4. The maximum atomic E-state index is 13.4. The van der Waals surface area contributed by atoms with Crippen LogP contribution in [0.4, 0.5) is 10.1 Å². The molecule has 2 aromatic rings. The fraction of sp³-hybridized carbons (Fsp3) is 0.294. The number of rotatable bonds is 2. The molecular formula is C17H15FN4O2. The Kier molecular flexibility index (Phi) is 3.48. The number of carbonyl (C=O) groups excluding carboxylic acids is 2. The molecule has 24 heavy (non-hydrogen) atoms. The van der Waals surface area contributed by atoms with E-state index in [4.69, 9.17) is 0 Å². The lowest BCUT2D eigenvalue weighted by Gasteiger charge is -2.20. The van der Waals surface area contributed by atoms with Gasteiger partial charge in [0.25, 0.3) is 0 Å². The molecule has 7 heteroatoms. The molecule has 0 N–H and O–H groups in total. The highest BCUT2D eigenvalue weighted by Crippen LogP contribution is 2.29. The molecule has 0 radical (unpaired) electrons. The number of hydrogen-bond acceptors (Lipinski definition) is 4. The smallest absolute Gasteiger partial charge is 0.228 e. The second-order valence-corrected chi connectivity index (χ2v) is 6.07. The third-order valence-corrected chi connectivity index (χ3v) is 4.49. The molecule has 6 nitrogen and oxygen atoms in total. The molecule has 122 valence electrons. The first-order valence-corrected chi connectivity index (χ1v) is 7.74. The predicted octanol–water partition coefficient (Wildman–Crippen LogP) is 1.51. The summed E-state index contributed by atoms with van der Waals surface area (Å²) >= 11 is 0. The van der Waals surface area contributed by atoms with Gasteiger partial charge in [-0.1, -0.05) is 6.07 Å². The largest absolute Gasteiger partial charge is 0.332 e. The molecule has 1 fully saturated rings. The van der Waals surface area contributed by atoms with E-state index in [1.165, 1.54) is 23.4 Å². The lowest BCUT2D eigenvalue weighted by Crippen LogP contribution is -2.34. The summed E-state index contributed by atoms with van der Waals surface area (Å²) in [5.74, 6) is -1.04. The van der Waals surface area contributed by atoms with Gasteiger partial charge in [-0.3, -0.25) is 9.59 Å². The number of hydrogen-bond donors (Lipinski definition) is 0. The average molecular weight is 326 g/mol. The van der Waals surface area contributed by atoms with E-state index in [1.807, 2.05) is 0 Å². The number of halogens is 1. The van der Waals surface area contributed by atoms with Crippen molar-refractivity contribution in [3.05, 3.63) is 53.9 Å². The van der Waals surface area contributed by atoms with Crippen LogP contribution >= 0.6 is 0 Å². The van der Waals surface area contributed by atoms with Crippen molar-refractivity contribution in [2.75, 3.05) is 11.4 Å². The molecular weight excluding hydrogens is 311 g/mol. The fourth-order valence-electron chi connectivity index (χ4n) is 3.28. The van der Waals surface area contributed by atoms with Gasteiger partial charge in [0.1, 0.15) is 12.1 Å². The van der Waals surface area contributed by atoms with Gasteiger partial charge in [0.15, 0.2) is 0 Å². The molecule has 2 aliphatic rings. The van der Waals surface area contributed by atoms with E-state index in [1.54, 1.807) is 23.2 Å². The zero-order chi connectivity index (χ0) is 16.7. The fourth-order valence-corrected chi connectivity index (χ4v) is 3.28. The summed E-state index contributed by atoms with van der Waals surface area (Å²) in [4.78, 5) is 36.3. The van der Waals surface area contributed by atoms with E-state index in [0.717, 1.165) is 11.3 Å². The van der Waals surface area contributed by atoms with Gasteiger partial charge in [0.2, 0.25) is 11.8 Å². The number of nitrogens with zero attached hydrogens (tertiary/aromatic N) is 4. The van der Waals surface area contributed by atoms with Crippen molar-refractivity contribution < 1.29 is 14.0 Å². The molecule has 0 saturated carbocycles. The third kappa shape index (κ3) is 2.51. The van der Waals surface area contributed by atoms with Gasteiger partial charge in [-0.2, -0.15) is 0 Å². The zero-order valence-corrected chi connectivity index (χ0v) is 12.9. The van der Waals surface area contributed by atoms with Crippen molar-refractivity contribution >= 4 is 17.5 Å². The second-order valence-electron chi connectivity index (χ2n) is 6.07. The van der Waals surface area contributed by atoms with Crippen LogP contribution in [0.2, 0.25) is 0 Å². The first-order valence-electron chi connectivity index (χ1n) is 7.74. The van der Waals surface area contributed by atoms with E-state index >= 15 is 0 Å². The quantitative estimate of drug-likeness (QED) is 0.839. The number of anilines is 1. The van der Waals surface area contributed by atoms with Gasteiger partial charge in [-0.15, -0.1) is 0 Å². The third-order valence-electron chi connectivity index (χ3n) is 4.49. The summed E-state index contributed by atoms with van der Waals surface area (Å²) < 4.78 is 13.4. The first kappa shape index (κ1) is 14.7. The standard InChI is InChI=1S/C17H15FN4O2/c18-13-2-1-3-14(5-13)22-8-11(4-16(22)23)17(24)21-7-12-6-19-10-20-15(12)9-21/h1-3,5-6,10-11H,4,7-9H2. The molecule has 0 spiro atoms. The molecule has 1 unspecified atom stereocenters. The van der Waals surface area contributed by atoms with Crippen molar-refractivity contribution in [1.29, 1.82) is 0 Å². The highest BCUT2D eigenvalue weighted by molar-refractivity contribution is 6.00. The van der Waals surface area contributed by atoms with E-state index in [9.17, 15) is 14.0 Å². The van der Waals surface area contributed by atoms with E-state index in [0.29, 0.717) is 18.8 Å². The lowest BCUT2D eigenvalue weighted by atomic mass is 10.1. The SMILES string of the molecule is O=C(C1CC(=O)N(c2cccc(F)c2)C1)N1Cc2cncnc2C1. The van der Waals surface area contributed by atoms with Crippen molar-refractivity contribution in [3.8, 4) is 0 Å². The van der Waals surface area contributed by atoms with E-state index in [2.05, 4.69) is 9.97 Å². The molecule has 0 aliphatic carbocycles. The van der Waals surface area contributed by atoms with Crippen LogP contribution in [-0.2, 0) is 22.7 Å². The van der Waals surface area contributed by atoms with E-state index in [-0.39, 0.29) is 24.8 Å². The Morgan fingerprint density at radius 2 is 2.17 bits per heavy atom. The summed E-state index contributed by atoms with van der Waals surface area (Å²) in [5, 5.41) is 0. The van der Waals surface area contributed by atoms with Crippen molar-refractivity contribution in [2.45, 2.75) is 19.5 Å². The maximum Gasteiger partial charge on any atom is 0.228 e. The molecule has 1 atom stereocenters. The van der Waals surface area contributed by atoms with Crippen LogP contribution in [0.15, 0.2) is 36.8 Å². The van der Waals surface area contributed by atoms with Crippen molar-refractivity contribution in [3.63, 3.8) is 0 Å². The second kappa shape index (κ2) is 5.67. The minimum atomic E-state index is -0.414. The van der Waals surface area contributed by atoms with Crippen molar-refractivity contribution in [2.24, 2.45) is 5.92 Å². The topological polar surface area (TPSA) is 66.4 Å². The van der Waals surface area contributed by atoms with Gasteiger partial charge < -0.3 is 9.80 Å². The molecule has 1 saturated heterocycles. The lowest BCUT2D eigenvalue weighted by molar-refractivity contribution is -0.136. The molecule has 2 amide bonds. The monoisotopic (exact) mass is 326 g/mol. The predicted molar refractivity (Wildman–Crippen MR) is 83.1 cm³/mol. The van der Waals surface area contributed by atoms with Crippen molar-refractivity contribution in [1.82, 2.24) is 14.9 Å². The van der Waals surface area contributed by atoms with Gasteiger partial charge >= 0.3 is 0 Å². The summed E-state index contributed by atoms with van der Waals surface area (Å²) in [6.07, 6.45) is 3.33. The zero-order valence-electron chi connectivity index (χ0n) is 12.9. The molecule has 2 aliphatic heterocycles. The Morgan fingerprint density at radius 1 is 1.29 bits per heavy atom. The Hall–Kier alpha value is -2.83. The number of amides is 2. The Labute approximate surface area is 137 Å². The van der Waals surface area contributed by atoms with Crippen LogP contribution in [0.3, 0.4) is 0 Å². The van der Waals surface area contributed by atoms with Crippen LogP contribution in [0.5, 0.6) is 0 Å². The molecule has 4 rings (SSSR count). The minimum absolute atomic E-state index is 0.0692. The Morgan fingerprint density at radius 3 is 2.96 bits per heavy atom. The van der Waals surface area contributed by atoms with Crippen LogP contribution in [-0.4, -0.2) is 33.2 Å². The van der Waals surface area contributed by atoms with Crippen LogP contribution < -0.4 is 4.90 Å². The average Bonchev–Trinajstić information content (AvgIpc) is 3.17. The number of carbonyl (C=O) groups is 2. The normalized spacial score (nSPS) is 19.7. The van der Waals surface area contributed by atoms with Crippen LogP contribution in [0.25, 0.3) is 0 Å². The highest BCUT2D eigenvalue weighted by atomic mass is 19.1. The number of aromatic nitrogens is 2. The summed E-state index contributed by atoms with van der Waals surface area (Å²) in [7, 11) is 0.